The smallest absolute Gasteiger partial charge is 0.150 e. The monoisotopic (exact) mass is 309 g/mol. The van der Waals surface area contributed by atoms with Crippen molar-refractivity contribution < 1.29 is 13.2 Å². The summed E-state index contributed by atoms with van der Waals surface area (Å²) in [6.07, 6.45) is 1.73. The van der Waals surface area contributed by atoms with E-state index in [9.17, 15) is 8.42 Å². The summed E-state index contributed by atoms with van der Waals surface area (Å²) in [6, 6.07) is 6.27. The summed E-state index contributed by atoms with van der Waals surface area (Å²) in [5.74, 6) is 1.94. The van der Waals surface area contributed by atoms with Gasteiger partial charge in [-0.25, -0.2) is 8.42 Å². The molecule has 2 aliphatic rings. The summed E-state index contributed by atoms with van der Waals surface area (Å²) < 4.78 is 28.9. The average molecular weight is 309 g/mol. The minimum absolute atomic E-state index is 0.127. The molecule has 1 aromatic rings. The van der Waals surface area contributed by atoms with Gasteiger partial charge in [0.05, 0.1) is 11.5 Å². The van der Waals surface area contributed by atoms with Gasteiger partial charge in [0, 0.05) is 18.5 Å². The molecule has 2 heterocycles. The first kappa shape index (κ1) is 14.9. The Morgan fingerprint density at radius 1 is 1.38 bits per heavy atom. The Hall–Kier alpha value is -1.07. The summed E-state index contributed by atoms with van der Waals surface area (Å²) in [6.45, 7) is 5.70. The van der Waals surface area contributed by atoms with E-state index < -0.39 is 9.84 Å². The van der Waals surface area contributed by atoms with E-state index in [-0.39, 0.29) is 11.5 Å². The van der Waals surface area contributed by atoms with E-state index in [1.807, 2.05) is 0 Å². The highest BCUT2D eigenvalue weighted by Crippen LogP contribution is 2.37. The van der Waals surface area contributed by atoms with Crippen molar-refractivity contribution >= 4 is 9.84 Å². The van der Waals surface area contributed by atoms with Crippen molar-refractivity contribution in [2.45, 2.75) is 38.8 Å². The molecule has 1 unspecified atom stereocenters. The molecule has 5 heteroatoms. The van der Waals surface area contributed by atoms with Crippen LogP contribution in [0.3, 0.4) is 0 Å². The lowest BCUT2D eigenvalue weighted by molar-refractivity contribution is 0.137. The number of sulfone groups is 1. The number of hydrogen-bond acceptors (Lipinski definition) is 4. The standard InChI is InChI=1S/C16H23NO3S/c1-16(2)8-13-4-3-5-14(15(13)20-16)10-17-9-12-6-7-21(18,19)11-12/h3-5,12,17H,6-11H2,1-2H3. The molecule has 0 radical (unpaired) electrons. The summed E-state index contributed by atoms with van der Waals surface area (Å²) in [5.41, 5.74) is 2.31. The predicted octanol–water partition coefficient (Wildman–Crippen LogP) is 1.92. The van der Waals surface area contributed by atoms with Crippen molar-refractivity contribution in [1.82, 2.24) is 5.32 Å². The normalized spacial score (nSPS) is 25.5. The van der Waals surface area contributed by atoms with E-state index in [4.69, 9.17) is 4.74 Å². The molecule has 1 N–H and O–H groups in total. The fourth-order valence-electron chi connectivity index (χ4n) is 3.26. The minimum Gasteiger partial charge on any atom is -0.487 e. The maximum atomic E-state index is 11.5. The van der Waals surface area contributed by atoms with Crippen molar-refractivity contribution in [3.05, 3.63) is 29.3 Å². The van der Waals surface area contributed by atoms with E-state index in [2.05, 4.69) is 37.4 Å². The molecule has 116 valence electrons. The number of fused-ring (bicyclic) bond motifs is 1. The molecular weight excluding hydrogens is 286 g/mol. The van der Waals surface area contributed by atoms with Gasteiger partial charge in [-0.2, -0.15) is 0 Å². The van der Waals surface area contributed by atoms with Gasteiger partial charge in [-0.3, -0.25) is 0 Å². The van der Waals surface area contributed by atoms with Crippen LogP contribution in [-0.2, 0) is 22.8 Å². The molecular formula is C16H23NO3S. The molecule has 0 spiro atoms. The SMILES string of the molecule is CC1(C)Cc2cccc(CNCC3CCS(=O)(=O)C3)c2O1. The van der Waals surface area contributed by atoms with Gasteiger partial charge in [0.2, 0.25) is 0 Å². The van der Waals surface area contributed by atoms with Crippen LogP contribution in [0.5, 0.6) is 5.75 Å². The summed E-state index contributed by atoms with van der Waals surface area (Å²) in [7, 11) is -2.78. The molecule has 3 rings (SSSR count). The highest BCUT2D eigenvalue weighted by atomic mass is 32.2. The maximum absolute atomic E-state index is 11.5. The van der Waals surface area contributed by atoms with Gasteiger partial charge in [0.1, 0.15) is 11.4 Å². The molecule has 1 aromatic carbocycles. The molecule has 0 bridgehead atoms. The summed E-state index contributed by atoms with van der Waals surface area (Å²) >= 11 is 0. The molecule has 1 atom stereocenters. The highest BCUT2D eigenvalue weighted by molar-refractivity contribution is 7.91. The first-order valence-corrected chi connectivity index (χ1v) is 9.38. The van der Waals surface area contributed by atoms with Gasteiger partial charge in [-0.05, 0) is 38.3 Å². The lowest BCUT2D eigenvalue weighted by atomic mass is 10.0. The Kier molecular flexibility index (Phi) is 3.74. The van der Waals surface area contributed by atoms with Crippen molar-refractivity contribution in [3.8, 4) is 5.75 Å². The van der Waals surface area contributed by atoms with Crippen LogP contribution in [0, 0.1) is 5.92 Å². The molecule has 0 saturated carbocycles. The van der Waals surface area contributed by atoms with Crippen LogP contribution in [0.15, 0.2) is 18.2 Å². The highest BCUT2D eigenvalue weighted by Gasteiger charge is 2.31. The van der Waals surface area contributed by atoms with Crippen LogP contribution in [0.25, 0.3) is 0 Å². The van der Waals surface area contributed by atoms with Gasteiger partial charge in [0.15, 0.2) is 9.84 Å². The van der Waals surface area contributed by atoms with Crippen LogP contribution < -0.4 is 10.1 Å². The zero-order valence-corrected chi connectivity index (χ0v) is 13.5. The third-order valence-electron chi connectivity index (χ3n) is 4.25. The zero-order chi connectivity index (χ0) is 15.1. The molecule has 21 heavy (non-hydrogen) atoms. The fraction of sp³-hybridized carbons (Fsp3) is 0.625. The third-order valence-corrected chi connectivity index (χ3v) is 6.08. The third kappa shape index (κ3) is 3.40. The molecule has 1 fully saturated rings. The van der Waals surface area contributed by atoms with Gasteiger partial charge >= 0.3 is 0 Å². The van der Waals surface area contributed by atoms with E-state index in [0.717, 1.165) is 31.7 Å². The van der Waals surface area contributed by atoms with Crippen LogP contribution in [0.2, 0.25) is 0 Å². The second-order valence-electron chi connectivity index (χ2n) is 6.84. The maximum Gasteiger partial charge on any atom is 0.150 e. The second-order valence-corrected chi connectivity index (χ2v) is 9.07. The number of para-hydroxylation sites is 1. The lowest BCUT2D eigenvalue weighted by Crippen LogP contribution is -2.26. The van der Waals surface area contributed by atoms with Crippen molar-refractivity contribution in [1.29, 1.82) is 0 Å². The Morgan fingerprint density at radius 3 is 2.90 bits per heavy atom. The first-order chi connectivity index (χ1) is 9.85. The molecule has 1 saturated heterocycles. The van der Waals surface area contributed by atoms with Crippen LogP contribution in [0.1, 0.15) is 31.4 Å². The van der Waals surface area contributed by atoms with Crippen molar-refractivity contribution in [2.75, 3.05) is 18.1 Å². The first-order valence-electron chi connectivity index (χ1n) is 7.56. The molecule has 0 aliphatic carbocycles. The van der Waals surface area contributed by atoms with Crippen molar-refractivity contribution in [2.24, 2.45) is 5.92 Å². The average Bonchev–Trinajstić information content (AvgIpc) is 2.87. The number of rotatable bonds is 4. The topological polar surface area (TPSA) is 55.4 Å². The fourth-order valence-corrected chi connectivity index (χ4v) is 5.12. The number of benzene rings is 1. The van der Waals surface area contributed by atoms with E-state index in [1.54, 1.807) is 0 Å². The number of nitrogens with one attached hydrogen (secondary N) is 1. The van der Waals surface area contributed by atoms with Crippen LogP contribution >= 0.6 is 0 Å². The van der Waals surface area contributed by atoms with E-state index in [0.29, 0.717) is 11.5 Å². The Bertz CT molecular complexity index is 637. The summed E-state index contributed by atoms with van der Waals surface area (Å²) in [5, 5.41) is 3.39. The summed E-state index contributed by atoms with van der Waals surface area (Å²) in [4.78, 5) is 0. The molecule has 4 nitrogen and oxygen atoms in total. The predicted molar refractivity (Wildman–Crippen MR) is 83.3 cm³/mol. The quantitative estimate of drug-likeness (QED) is 0.923. The van der Waals surface area contributed by atoms with Crippen LogP contribution in [-0.4, -0.2) is 32.1 Å². The van der Waals surface area contributed by atoms with Gasteiger partial charge in [-0.1, -0.05) is 18.2 Å². The van der Waals surface area contributed by atoms with Crippen LogP contribution in [0.4, 0.5) is 0 Å². The van der Waals surface area contributed by atoms with E-state index >= 15 is 0 Å². The van der Waals surface area contributed by atoms with Gasteiger partial charge in [0.25, 0.3) is 0 Å². The van der Waals surface area contributed by atoms with E-state index in [1.165, 1.54) is 11.1 Å². The lowest BCUT2D eigenvalue weighted by Gasteiger charge is -2.18. The minimum atomic E-state index is -2.78. The molecule has 2 aliphatic heterocycles. The largest absolute Gasteiger partial charge is 0.487 e. The molecule has 0 amide bonds. The Labute approximate surface area is 126 Å². The zero-order valence-electron chi connectivity index (χ0n) is 12.7. The van der Waals surface area contributed by atoms with Crippen molar-refractivity contribution in [3.63, 3.8) is 0 Å². The number of ether oxygens (including phenoxy) is 1. The second kappa shape index (κ2) is 5.29. The number of hydrogen-bond donors (Lipinski definition) is 1. The van der Waals surface area contributed by atoms with Gasteiger partial charge < -0.3 is 10.1 Å². The Morgan fingerprint density at radius 2 is 2.19 bits per heavy atom. The van der Waals surface area contributed by atoms with Gasteiger partial charge in [-0.15, -0.1) is 0 Å². The Balaban J connectivity index is 1.59. The molecule has 0 aromatic heterocycles.